The molecule has 0 amide bonds. The van der Waals surface area contributed by atoms with Crippen molar-refractivity contribution in [3.63, 3.8) is 0 Å². The fraction of sp³-hybridized carbons (Fsp3) is 0.143. The highest BCUT2D eigenvalue weighted by Crippen LogP contribution is 2.24. The van der Waals surface area contributed by atoms with Crippen molar-refractivity contribution in [2.45, 2.75) is 13.5 Å². The molecule has 0 saturated carbocycles. The molecule has 0 fully saturated rings. The second kappa shape index (κ2) is 4.55. The highest BCUT2D eigenvalue weighted by atomic mass is 16.5. The minimum Gasteiger partial charge on any atom is -0.459 e. The Labute approximate surface area is 119 Å². The van der Waals surface area contributed by atoms with Gasteiger partial charge >= 0.3 is 0 Å². The van der Waals surface area contributed by atoms with Crippen LogP contribution in [0.4, 0.5) is 0 Å². The summed E-state index contributed by atoms with van der Waals surface area (Å²) >= 11 is 0. The molecule has 21 heavy (non-hydrogen) atoms. The van der Waals surface area contributed by atoms with Gasteiger partial charge in [-0.2, -0.15) is 4.98 Å². The number of fused-ring (bicyclic) bond motifs is 1. The van der Waals surface area contributed by atoms with Gasteiger partial charge in [-0.15, -0.1) is 5.10 Å². The molecule has 0 radical (unpaired) electrons. The molecule has 3 aromatic heterocycles. The van der Waals surface area contributed by atoms with Crippen LogP contribution in [0.2, 0.25) is 0 Å². The van der Waals surface area contributed by atoms with E-state index in [2.05, 4.69) is 20.5 Å². The highest BCUT2D eigenvalue weighted by Gasteiger charge is 2.14. The molecule has 0 aliphatic carbocycles. The molecule has 0 aliphatic heterocycles. The fourth-order valence-electron chi connectivity index (χ4n) is 2.19. The molecule has 7 nitrogen and oxygen atoms in total. The summed E-state index contributed by atoms with van der Waals surface area (Å²) in [5.74, 6) is 1.40. The Morgan fingerprint density at radius 2 is 2.19 bits per heavy atom. The quantitative estimate of drug-likeness (QED) is 0.574. The van der Waals surface area contributed by atoms with Gasteiger partial charge in [0.25, 0.3) is 5.89 Å². The van der Waals surface area contributed by atoms with E-state index in [-0.39, 0.29) is 0 Å². The van der Waals surface area contributed by atoms with E-state index >= 15 is 0 Å². The fourth-order valence-corrected chi connectivity index (χ4v) is 2.19. The van der Waals surface area contributed by atoms with Gasteiger partial charge in [0.1, 0.15) is 5.52 Å². The summed E-state index contributed by atoms with van der Waals surface area (Å²) in [4.78, 5) is 4.33. The van der Waals surface area contributed by atoms with E-state index in [1.54, 1.807) is 18.4 Å². The smallest absolute Gasteiger partial charge is 0.293 e. The van der Waals surface area contributed by atoms with Gasteiger partial charge in [-0.25, -0.2) is 4.68 Å². The van der Waals surface area contributed by atoms with Crippen LogP contribution >= 0.6 is 0 Å². The van der Waals surface area contributed by atoms with Crippen molar-refractivity contribution < 1.29 is 8.94 Å². The van der Waals surface area contributed by atoms with Crippen LogP contribution in [0.5, 0.6) is 0 Å². The largest absolute Gasteiger partial charge is 0.459 e. The second-order valence-corrected chi connectivity index (χ2v) is 4.51. The SMILES string of the molecule is CCn1nnc2cc(-c3noc(-c4ccco4)n3)ccc21. The van der Waals surface area contributed by atoms with Gasteiger partial charge in [0.2, 0.25) is 5.82 Å². The summed E-state index contributed by atoms with van der Waals surface area (Å²) in [6, 6.07) is 9.32. The van der Waals surface area contributed by atoms with Crippen LogP contribution in [0.15, 0.2) is 45.5 Å². The van der Waals surface area contributed by atoms with Crippen molar-refractivity contribution in [1.29, 1.82) is 0 Å². The van der Waals surface area contributed by atoms with E-state index in [0.29, 0.717) is 17.5 Å². The zero-order valence-electron chi connectivity index (χ0n) is 11.2. The molecule has 0 spiro atoms. The summed E-state index contributed by atoms with van der Waals surface area (Å²) in [6.45, 7) is 2.80. The van der Waals surface area contributed by atoms with Crippen molar-refractivity contribution in [3.05, 3.63) is 36.6 Å². The minimum absolute atomic E-state index is 0.354. The highest BCUT2D eigenvalue weighted by molar-refractivity contribution is 5.80. The van der Waals surface area contributed by atoms with Gasteiger partial charge in [0.15, 0.2) is 5.76 Å². The Balaban J connectivity index is 1.76. The first-order valence-electron chi connectivity index (χ1n) is 6.56. The molecule has 0 bridgehead atoms. The maximum absolute atomic E-state index is 5.23. The lowest BCUT2D eigenvalue weighted by Crippen LogP contribution is -1.95. The van der Waals surface area contributed by atoms with Crippen molar-refractivity contribution in [3.8, 4) is 23.0 Å². The van der Waals surface area contributed by atoms with E-state index in [1.807, 2.05) is 29.8 Å². The van der Waals surface area contributed by atoms with Crippen LogP contribution in [-0.4, -0.2) is 25.1 Å². The molecule has 0 unspecified atom stereocenters. The number of aryl methyl sites for hydroxylation is 1. The predicted molar refractivity (Wildman–Crippen MR) is 74.2 cm³/mol. The first kappa shape index (κ1) is 11.8. The van der Waals surface area contributed by atoms with Gasteiger partial charge in [-0.05, 0) is 37.3 Å². The lowest BCUT2D eigenvalue weighted by atomic mass is 10.2. The van der Waals surface area contributed by atoms with Crippen LogP contribution in [-0.2, 0) is 6.54 Å². The molecular weight excluding hydrogens is 270 g/mol. The monoisotopic (exact) mass is 281 g/mol. The zero-order valence-corrected chi connectivity index (χ0v) is 11.2. The Morgan fingerprint density at radius 3 is 3.00 bits per heavy atom. The van der Waals surface area contributed by atoms with Crippen LogP contribution in [0.3, 0.4) is 0 Å². The molecule has 4 rings (SSSR count). The van der Waals surface area contributed by atoms with E-state index < -0.39 is 0 Å². The first-order chi connectivity index (χ1) is 10.3. The normalized spacial score (nSPS) is 11.3. The molecule has 4 aromatic rings. The van der Waals surface area contributed by atoms with Crippen molar-refractivity contribution in [2.75, 3.05) is 0 Å². The van der Waals surface area contributed by atoms with Gasteiger partial charge in [-0.3, -0.25) is 0 Å². The average Bonchev–Trinajstić information content (AvgIpc) is 3.25. The lowest BCUT2D eigenvalue weighted by molar-refractivity contribution is 0.417. The number of benzene rings is 1. The molecule has 7 heteroatoms. The third kappa shape index (κ3) is 1.90. The van der Waals surface area contributed by atoms with Gasteiger partial charge in [0, 0.05) is 12.1 Å². The van der Waals surface area contributed by atoms with Crippen molar-refractivity contribution in [1.82, 2.24) is 25.1 Å². The molecule has 104 valence electrons. The summed E-state index contributed by atoms with van der Waals surface area (Å²) in [7, 11) is 0. The molecule has 0 atom stereocenters. The summed E-state index contributed by atoms with van der Waals surface area (Å²) in [5, 5.41) is 12.2. The molecule has 1 aromatic carbocycles. The molecular formula is C14H11N5O2. The van der Waals surface area contributed by atoms with E-state index in [0.717, 1.165) is 23.1 Å². The van der Waals surface area contributed by atoms with Crippen LogP contribution in [0.1, 0.15) is 6.92 Å². The van der Waals surface area contributed by atoms with E-state index in [4.69, 9.17) is 8.94 Å². The van der Waals surface area contributed by atoms with E-state index in [1.165, 1.54) is 0 Å². The van der Waals surface area contributed by atoms with Crippen molar-refractivity contribution >= 4 is 11.0 Å². The first-order valence-corrected chi connectivity index (χ1v) is 6.56. The van der Waals surface area contributed by atoms with Gasteiger partial charge < -0.3 is 8.94 Å². The Kier molecular flexibility index (Phi) is 2.56. The van der Waals surface area contributed by atoms with Crippen LogP contribution in [0.25, 0.3) is 34.1 Å². The predicted octanol–water partition coefficient (Wildman–Crippen LogP) is 2.76. The van der Waals surface area contributed by atoms with Crippen LogP contribution < -0.4 is 0 Å². The van der Waals surface area contributed by atoms with Crippen molar-refractivity contribution in [2.24, 2.45) is 0 Å². The third-order valence-corrected chi connectivity index (χ3v) is 3.23. The standard InChI is InChI=1S/C14H11N5O2/c1-2-19-11-6-5-9(8-10(11)16-18-19)13-15-14(21-17-13)12-4-3-7-20-12/h3-8H,2H2,1H3. The third-order valence-electron chi connectivity index (χ3n) is 3.23. The average molecular weight is 281 g/mol. The Hall–Kier alpha value is -2.96. The van der Waals surface area contributed by atoms with E-state index in [9.17, 15) is 0 Å². The number of aromatic nitrogens is 5. The lowest BCUT2D eigenvalue weighted by Gasteiger charge is -1.97. The molecule has 0 N–H and O–H groups in total. The molecule has 0 saturated heterocycles. The minimum atomic E-state index is 0.354. The number of hydrogen-bond acceptors (Lipinski definition) is 6. The summed E-state index contributed by atoms with van der Waals surface area (Å²) in [6.07, 6.45) is 1.56. The second-order valence-electron chi connectivity index (χ2n) is 4.51. The number of hydrogen-bond donors (Lipinski definition) is 0. The van der Waals surface area contributed by atoms with Gasteiger partial charge in [0.05, 0.1) is 11.8 Å². The van der Waals surface area contributed by atoms with Gasteiger partial charge in [-0.1, -0.05) is 10.4 Å². The van der Waals surface area contributed by atoms with Crippen LogP contribution in [0, 0.1) is 0 Å². The number of rotatable bonds is 3. The maximum atomic E-state index is 5.23. The zero-order chi connectivity index (χ0) is 14.2. The number of furan rings is 1. The molecule has 0 aliphatic rings. The summed E-state index contributed by atoms with van der Waals surface area (Å²) in [5.41, 5.74) is 2.61. The Morgan fingerprint density at radius 1 is 1.24 bits per heavy atom. The number of nitrogens with zero attached hydrogens (tertiary/aromatic N) is 5. The Bertz CT molecular complexity index is 891. The summed E-state index contributed by atoms with van der Waals surface area (Å²) < 4.78 is 12.3. The topological polar surface area (TPSA) is 82.8 Å². The maximum Gasteiger partial charge on any atom is 0.293 e. The molecule has 3 heterocycles.